The molecule has 1 aromatic heterocycles. The summed E-state index contributed by atoms with van der Waals surface area (Å²) in [4.78, 5) is 21.2. The van der Waals surface area contributed by atoms with Gasteiger partial charge in [-0.05, 0) is 17.7 Å². The van der Waals surface area contributed by atoms with Gasteiger partial charge in [-0.25, -0.2) is 0 Å². The molecule has 0 unspecified atom stereocenters. The van der Waals surface area contributed by atoms with E-state index in [1.807, 2.05) is 24.3 Å². The number of anilines is 1. The van der Waals surface area contributed by atoms with Gasteiger partial charge in [-0.15, -0.1) is 0 Å². The molecule has 4 rings (SSSR count). The largest absolute Gasteiger partial charge is 0.345 e. The van der Waals surface area contributed by atoms with Crippen molar-refractivity contribution in [3.8, 4) is 0 Å². The molecule has 0 spiro atoms. The highest BCUT2D eigenvalue weighted by molar-refractivity contribution is 7.21. The van der Waals surface area contributed by atoms with Gasteiger partial charge in [-0.1, -0.05) is 53.8 Å². The maximum atomic E-state index is 12.2. The minimum atomic E-state index is -0.119. The Balaban J connectivity index is 1.47. The van der Waals surface area contributed by atoms with Crippen LogP contribution in [0.5, 0.6) is 0 Å². The lowest BCUT2D eigenvalue weighted by Gasteiger charge is -2.34. The Morgan fingerprint density at radius 3 is 2.42 bits per heavy atom. The predicted molar refractivity (Wildman–Crippen MR) is 99.8 cm³/mol. The SMILES string of the molecule is O=c1nc(N2CCN(Cc3ccccc3)CC2)sc2ccccc12. The van der Waals surface area contributed by atoms with E-state index in [-0.39, 0.29) is 5.56 Å². The van der Waals surface area contributed by atoms with Crippen LogP contribution in [-0.2, 0) is 6.54 Å². The summed E-state index contributed by atoms with van der Waals surface area (Å²) in [6, 6.07) is 18.3. The highest BCUT2D eigenvalue weighted by Gasteiger charge is 2.19. The summed E-state index contributed by atoms with van der Waals surface area (Å²) in [7, 11) is 0. The molecule has 1 aliphatic rings. The van der Waals surface area contributed by atoms with E-state index in [0.717, 1.165) is 42.6 Å². The summed E-state index contributed by atoms with van der Waals surface area (Å²) < 4.78 is 1.01. The lowest BCUT2D eigenvalue weighted by molar-refractivity contribution is 0.250. The average Bonchev–Trinajstić information content (AvgIpc) is 2.63. The Morgan fingerprint density at radius 2 is 1.62 bits per heavy atom. The molecule has 0 atom stereocenters. The topological polar surface area (TPSA) is 36.4 Å². The Hall–Kier alpha value is -2.24. The molecule has 4 nitrogen and oxygen atoms in total. The van der Waals surface area contributed by atoms with E-state index in [0.29, 0.717) is 5.39 Å². The first kappa shape index (κ1) is 15.3. The third kappa shape index (κ3) is 3.18. The fourth-order valence-corrected chi connectivity index (χ4v) is 4.12. The van der Waals surface area contributed by atoms with E-state index in [1.54, 1.807) is 11.3 Å². The Morgan fingerprint density at radius 1 is 0.917 bits per heavy atom. The molecule has 0 bridgehead atoms. The number of benzene rings is 2. The number of hydrogen-bond donors (Lipinski definition) is 0. The first-order chi connectivity index (χ1) is 11.8. The first-order valence-corrected chi connectivity index (χ1v) is 9.02. The maximum absolute atomic E-state index is 12.2. The molecule has 0 amide bonds. The Labute approximate surface area is 145 Å². The third-order valence-electron chi connectivity index (χ3n) is 4.41. The lowest BCUT2D eigenvalue weighted by atomic mass is 10.2. The summed E-state index contributed by atoms with van der Waals surface area (Å²) in [6.07, 6.45) is 0. The van der Waals surface area contributed by atoms with Crippen molar-refractivity contribution in [1.82, 2.24) is 9.88 Å². The Kier molecular flexibility index (Phi) is 4.28. The van der Waals surface area contributed by atoms with Crippen LogP contribution in [0.1, 0.15) is 5.56 Å². The van der Waals surface area contributed by atoms with Crippen molar-refractivity contribution in [1.29, 1.82) is 0 Å². The second-order valence-corrected chi connectivity index (χ2v) is 7.06. The maximum Gasteiger partial charge on any atom is 0.281 e. The molecule has 0 N–H and O–H groups in total. The van der Waals surface area contributed by atoms with Crippen molar-refractivity contribution in [2.24, 2.45) is 0 Å². The van der Waals surface area contributed by atoms with Gasteiger partial charge in [0.05, 0.1) is 5.39 Å². The van der Waals surface area contributed by atoms with Gasteiger partial charge in [0, 0.05) is 37.4 Å². The second kappa shape index (κ2) is 6.71. The molecule has 5 heteroatoms. The van der Waals surface area contributed by atoms with Gasteiger partial charge in [0.25, 0.3) is 5.56 Å². The number of rotatable bonds is 3. The third-order valence-corrected chi connectivity index (χ3v) is 5.52. The van der Waals surface area contributed by atoms with Gasteiger partial charge in [-0.3, -0.25) is 9.69 Å². The number of aromatic nitrogens is 1. The molecule has 0 saturated carbocycles. The smallest absolute Gasteiger partial charge is 0.281 e. The van der Waals surface area contributed by atoms with Crippen molar-refractivity contribution in [3.05, 3.63) is 70.5 Å². The summed E-state index contributed by atoms with van der Waals surface area (Å²) in [5.74, 6) is 0. The molecule has 2 heterocycles. The minimum absolute atomic E-state index is 0.119. The van der Waals surface area contributed by atoms with Crippen LogP contribution in [0.4, 0.5) is 5.13 Å². The van der Waals surface area contributed by atoms with E-state index in [4.69, 9.17) is 0 Å². The molecule has 1 saturated heterocycles. The van der Waals surface area contributed by atoms with E-state index in [1.165, 1.54) is 5.56 Å². The first-order valence-electron chi connectivity index (χ1n) is 8.21. The van der Waals surface area contributed by atoms with Gasteiger partial charge < -0.3 is 4.90 Å². The van der Waals surface area contributed by atoms with Crippen LogP contribution < -0.4 is 10.5 Å². The summed E-state index contributed by atoms with van der Waals surface area (Å²) in [5.41, 5.74) is 1.23. The number of piperazine rings is 1. The van der Waals surface area contributed by atoms with Crippen LogP contribution in [-0.4, -0.2) is 36.1 Å². The monoisotopic (exact) mass is 337 g/mol. The lowest BCUT2D eigenvalue weighted by Crippen LogP contribution is -2.46. The molecule has 122 valence electrons. The number of nitrogens with zero attached hydrogens (tertiary/aromatic N) is 3. The quantitative estimate of drug-likeness (QED) is 0.736. The summed E-state index contributed by atoms with van der Waals surface area (Å²) in [5, 5.41) is 1.56. The number of fused-ring (bicyclic) bond motifs is 1. The van der Waals surface area contributed by atoms with Gasteiger partial charge in [0.1, 0.15) is 0 Å². The molecule has 3 aromatic rings. The molecule has 0 aliphatic carbocycles. The van der Waals surface area contributed by atoms with Crippen LogP contribution in [0.3, 0.4) is 0 Å². The van der Waals surface area contributed by atoms with Crippen LogP contribution >= 0.6 is 11.3 Å². The fraction of sp³-hybridized carbons (Fsp3) is 0.263. The van der Waals surface area contributed by atoms with Crippen LogP contribution in [0.25, 0.3) is 10.1 Å². The van der Waals surface area contributed by atoms with Crippen LogP contribution in [0.2, 0.25) is 0 Å². The molecule has 2 aromatic carbocycles. The van der Waals surface area contributed by atoms with Crippen molar-refractivity contribution >= 4 is 26.6 Å². The van der Waals surface area contributed by atoms with E-state index in [9.17, 15) is 4.79 Å². The van der Waals surface area contributed by atoms with E-state index < -0.39 is 0 Å². The molecular weight excluding hydrogens is 318 g/mol. The predicted octanol–water partition coefficient (Wildman–Crippen LogP) is 2.98. The summed E-state index contributed by atoms with van der Waals surface area (Å²) >= 11 is 1.61. The van der Waals surface area contributed by atoms with Crippen molar-refractivity contribution in [3.63, 3.8) is 0 Å². The van der Waals surface area contributed by atoms with Gasteiger partial charge in [0.2, 0.25) is 0 Å². The van der Waals surface area contributed by atoms with Gasteiger partial charge >= 0.3 is 0 Å². The standard InChI is InChI=1S/C19H19N3OS/c23-18-16-8-4-5-9-17(16)24-19(20-18)22-12-10-21(11-13-22)14-15-6-2-1-3-7-15/h1-9H,10-14H2. The minimum Gasteiger partial charge on any atom is -0.345 e. The van der Waals surface area contributed by atoms with Crippen molar-refractivity contribution in [2.75, 3.05) is 31.1 Å². The van der Waals surface area contributed by atoms with Gasteiger partial charge in [0.15, 0.2) is 5.13 Å². The zero-order valence-electron chi connectivity index (χ0n) is 13.4. The fourth-order valence-electron chi connectivity index (χ4n) is 3.07. The second-order valence-electron chi connectivity index (χ2n) is 6.05. The molecule has 1 fully saturated rings. The van der Waals surface area contributed by atoms with E-state index in [2.05, 4.69) is 45.1 Å². The van der Waals surface area contributed by atoms with E-state index >= 15 is 0 Å². The van der Waals surface area contributed by atoms with Crippen LogP contribution in [0.15, 0.2) is 59.4 Å². The highest BCUT2D eigenvalue weighted by atomic mass is 32.1. The van der Waals surface area contributed by atoms with Crippen LogP contribution in [0, 0.1) is 0 Å². The molecular formula is C19H19N3OS. The molecule has 1 aliphatic heterocycles. The van der Waals surface area contributed by atoms with Crippen molar-refractivity contribution < 1.29 is 0 Å². The normalized spacial score (nSPS) is 15.8. The molecule has 0 radical (unpaired) electrons. The highest BCUT2D eigenvalue weighted by Crippen LogP contribution is 2.24. The molecule has 24 heavy (non-hydrogen) atoms. The number of hydrogen-bond acceptors (Lipinski definition) is 5. The average molecular weight is 337 g/mol. The van der Waals surface area contributed by atoms with Crippen molar-refractivity contribution in [2.45, 2.75) is 6.54 Å². The summed E-state index contributed by atoms with van der Waals surface area (Å²) in [6.45, 7) is 4.78. The Bertz CT molecular complexity index is 886. The zero-order chi connectivity index (χ0) is 16.4. The van der Waals surface area contributed by atoms with Gasteiger partial charge in [-0.2, -0.15) is 4.98 Å². The zero-order valence-corrected chi connectivity index (χ0v) is 14.2.